The second kappa shape index (κ2) is 6.77. The number of hydrogen-bond acceptors (Lipinski definition) is 4. The number of rotatable bonds is 4. The van der Waals surface area contributed by atoms with Gasteiger partial charge in [-0.1, -0.05) is 25.1 Å². The third kappa shape index (κ3) is 3.23. The molecule has 0 bridgehead atoms. The fraction of sp³-hybridized carbons (Fsp3) is 0.647. The van der Waals surface area contributed by atoms with Crippen LogP contribution in [0.5, 0.6) is 5.75 Å². The highest BCUT2D eigenvalue weighted by molar-refractivity contribution is 5.38. The van der Waals surface area contributed by atoms with Gasteiger partial charge in [-0.05, 0) is 26.0 Å². The first kappa shape index (κ1) is 14.8. The molecule has 21 heavy (non-hydrogen) atoms. The Kier molecular flexibility index (Phi) is 4.78. The molecule has 3 unspecified atom stereocenters. The van der Waals surface area contributed by atoms with Crippen LogP contribution >= 0.6 is 0 Å². The zero-order chi connectivity index (χ0) is 14.7. The predicted octanol–water partition coefficient (Wildman–Crippen LogP) is 2.21. The third-order valence-corrected chi connectivity index (χ3v) is 4.40. The number of nitrogens with zero attached hydrogens (tertiary/aromatic N) is 1. The van der Waals surface area contributed by atoms with Gasteiger partial charge in [-0.15, -0.1) is 0 Å². The Balaban J connectivity index is 1.82. The SMILES string of the molecule is CCCNC1c2ccccc2OCC1N1CCOC(C)C1. The van der Waals surface area contributed by atoms with Gasteiger partial charge in [0.1, 0.15) is 12.4 Å². The van der Waals surface area contributed by atoms with Crippen LogP contribution < -0.4 is 10.1 Å². The molecule has 3 rings (SSSR count). The van der Waals surface area contributed by atoms with Crippen molar-refractivity contribution >= 4 is 0 Å². The Labute approximate surface area is 127 Å². The van der Waals surface area contributed by atoms with Crippen molar-refractivity contribution in [1.82, 2.24) is 10.2 Å². The van der Waals surface area contributed by atoms with E-state index in [0.717, 1.165) is 45.0 Å². The first-order valence-corrected chi connectivity index (χ1v) is 8.10. The Bertz CT molecular complexity index is 466. The van der Waals surface area contributed by atoms with Crippen molar-refractivity contribution in [2.45, 2.75) is 38.5 Å². The number of benzene rings is 1. The Hall–Kier alpha value is -1.10. The molecular weight excluding hydrogens is 264 g/mol. The topological polar surface area (TPSA) is 33.7 Å². The third-order valence-electron chi connectivity index (χ3n) is 4.40. The van der Waals surface area contributed by atoms with Crippen LogP contribution in [-0.2, 0) is 4.74 Å². The molecule has 0 aromatic heterocycles. The lowest BCUT2D eigenvalue weighted by atomic mass is 9.94. The molecule has 1 aromatic carbocycles. The second-order valence-corrected chi connectivity index (χ2v) is 6.02. The molecule has 1 fully saturated rings. The van der Waals surface area contributed by atoms with Crippen molar-refractivity contribution in [3.05, 3.63) is 29.8 Å². The molecule has 2 aliphatic heterocycles. The molecule has 0 aliphatic carbocycles. The first-order chi connectivity index (χ1) is 10.3. The van der Waals surface area contributed by atoms with E-state index in [2.05, 4.69) is 42.3 Å². The zero-order valence-corrected chi connectivity index (χ0v) is 13.0. The van der Waals surface area contributed by atoms with Gasteiger partial charge in [0.15, 0.2) is 0 Å². The van der Waals surface area contributed by atoms with Crippen molar-refractivity contribution in [2.75, 3.05) is 32.8 Å². The van der Waals surface area contributed by atoms with E-state index in [4.69, 9.17) is 9.47 Å². The normalized spacial score (nSPS) is 29.7. The molecule has 0 spiro atoms. The average Bonchev–Trinajstić information content (AvgIpc) is 2.52. The number of hydrogen-bond donors (Lipinski definition) is 1. The number of morpholine rings is 1. The van der Waals surface area contributed by atoms with E-state index >= 15 is 0 Å². The molecule has 2 heterocycles. The van der Waals surface area contributed by atoms with Crippen LogP contribution in [-0.4, -0.2) is 49.9 Å². The highest BCUT2D eigenvalue weighted by Gasteiger charge is 2.36. The van der Waals surface area contributed by atoms with Crippen LogP contribution in [0.1, 0.15) is 31.9 Å². The monoisotopic (exact) mass is 290 g/mol. The summed E-state index contributed by atoms with van der Waals surface area (Å²) in [4.78, 5) is 2.53. The van der Waals surface area contributed by atoms with E-state index in [0.29, 0.717) is 18.2 Å². The summed E-state index contributed by atoms with van der Waals surface area (Å²) in [5, 5.41) is 3.73. The molecule has 4 nitrogen and oxygen atoms in total. The molecule has 116 valence electrons. The molecule has 3 atom stereocenters. The molecule has 0 amide bonds. The van der Waals surface area contributed by atoms with E-state index in [1.807, 2.05) is 6.07 Å². The Morgan fingerprint density at radius 3 is 3.00 bits per heavy atom. The number of para-hydroxylation sites is 1. The summed E-state index contributed by atoms with van der Waals surface area (Å²) >= 11 is 0. The summed E-state index contributed by atoms with van der Waals surface area (Å²) < 4.78 is 11.7. The summed E-state index contributed by atoms with van der Waals surface area (Å²) in [7, 11) is 0. The lowest BCUT2D eigenvalue weighted by Gasteiger charge is -2.43. The van der Waals surface area contributed by atoms with Gasteiger partial charge in [0, 0.05) is 18.7 Å². The van der Waals surface area contributed by atoms with E-state index < -0.39 is 0 Å². The van der Waals surface area contributed by atoms with Gasteiger partial charge < -0.3 is 14.8 Å². The van der Waals surface area contributed by atoms with Gasteiger partial charge in [-0.3, -0.25) is 4.90 Å². The lowest BCUT2D eigenvalue weighted by molar-refractivity contribution is -0.0505. The molecular formula is C17H26N2O2. The minimum Gasteiger partial charge on any atom is -0.492 e. The Morgan fingerprint density at radius 1 is 1.33 bits per heavy atom. The Morgan fingerprint density at radius 2 is 2.19 bits per heavy atom. The van der Waals surface area contributed by atoms with Gasteiger partial charge in [0.2, 0.25) is 0 Å². The van der Waals surface area contributed by atoms with Crippen molar-refractivity contribution in [3.63, 3.8) is 0 Å². The average molecular weight is 290 g/mol. The van der Waals surface area contributed by atoms with Crippen LogP contribution in [0, 0.1) is 0 Å². The molecule has 1 N–H and O–H groups in total. The standard InChI is InChI=1S/C17H26N2O2/c1-3-8-18-17-14-6-4-5-7-16(14)21-12-15(17)19-9-10-20-13(2)11-19/h4-7,13,15,17-18H,3,8-12H2,1-2H3. The summed E-state index contributed by atoms with van der Waals surface area (Å²) in [6, 6.07) is 9.16. The zero-order valence-electron chi connectivity index (χ0n) is 13.0. The maximum Gasteiger partial charge on any atom is 0.124 e. The summed E-state index contributed by atoms with van der Waals surface area (Å²) in [5.74, 6) is 1.03. The van der Waals surface area contributed by atoms with Gasteiger partial charge in [0.25, 0.3) is 0 Å². The fourth-order valence-electron chi connectivity index (χ4n) is 3.36. The molecule has 0 saturated carbocycles. The largest absolute Gasteiger partial charge is 0.492 e. The summed E-state index contributed by atoms with van der Waals surface area (Å²) in [6.45, 7) is 8.95. The number of ether oxygens (including phenoxy) is 2. The fourth-order valence-corrected chi connectivity index (χ4v) is 3.36. The summed E-state index contributed by atoms with van der Waals surface area (Å²) in [5.41, 5.74) is 1.29. The predicted molar refractivity (Wildman–Crippen MR) is 83.7 cm³/mol. The molecule has 1 saturated heterocycles. The van der Waals surface area contributed by atoms with Crippen molar-refractivity contribution in [1.29, 1.82) is 0 Å². The van der Waals surface area contributed by atoms with Crippen LogP contribution in [0.2, 0.25) is 0 Å². The van der Waals surface area contributed by atoms with Crippen LogP contribution in [0.4, 0.5) is 0 Å². The van der Waals surface area contributed by atoms with Crippen molar-refractivity contribution in [3.8, 4) is 5.75 Å². The molecule has 1 aromatic rings. The van der Waals surface area contributed by atoms with E-state index in [-0.39, 0.29) is 0 Å². The van der Waals surface area contributed by atoms with Crippen LogP contribution in [0.3, 0.4) is 0 Å². The van der Waals surface area contributed by atoms with Crippen LogP contribution in [0.25, 0.3) is 0 Å². The van der Waals surface area contributed by atoms with Crippen molar-refractivity contribution in [2.24, 2.45) is 0 Å². The summed E-state index contributed by atoms with van der Waals surface area (Å²) in [6.07, 6.45) is 1.45. The highest BCUT2D eigenvalue weighted by Crippen LogP contribution is 2.34. The molecule has 2 aliphatic rings. The number of fused-ring (bicyclic) bond motifs is 1. The maximum atomic E-state index is 6.01. The minimum atomic E-state index is 0.308. The minimum absolute atomic E-state index is 0.308. The lowest BCUT2D eigenvalue weighted by Crippen LogP contribution is -2.55. The quantitative estimate of drug-likeness (QED) is 0.922. The van der Waals surface area contributed by atoms with Gasteiger partial charge in [-0.2, -0.15) is 0 Å². The van der Waals surface area contributed by atoms with Gasteiger partial charge in [0.05, 0.1) is 24.8 Å². The molecule has 0 radical (unpaired) electrons. The smallest absolute Gasteiger partial charge is 0.124 e. The van der Waals surface area contributed by atoms with E-state index in [9.17, 15) is 0 Å². The van der Waals surface area contributed by atoms with E-state index in [1.165, 1.54) is 5.56 Å². The first-order valence-electron chi connectivity index (χ1n) is 8.10. The van der Waals surface area contributed by atoms with Gasteiger partial charge >= 0.3 is 0 Å². The van der Waals surface area contributed by atoms with E-state index in [1.54, 1.807) is 0 Å². The van der Waals surface area contributed by atoms with Gasteiger partial charge in [-0.25, -0.2) is 0 Å². The highest BCUT2D eigenvalue weighted by atomic mass is 16.5. The number of nitrogens with one attached hydrogen (secondary N) is 1. The van der Waals surface area contributed by atoms with Crippen molar-refractivity contribution < 1.29 is 9.47 Å². The second-order valence-electron chi connectivity index (χ2n) is 6.02. The molecule has 4 heteroatoms. The van der Waals surface area contributed by atoms with Crippen LogP contribution in [0.15, 0.2) is 24.3 Å². The maximum absolute atomic E-state index is 6.01.